The number of hydrogen-bond donors (Lipinski definition) is 1. The average molecular weight is 410 g/mol. The van der Waals surface area contributed by atoms with Crippen molar-refractivity contribution in [3.63, 3.8) is 0 Å². The van der Waals surface area contributed by atoms with Gasteiger partial charge in [0.2, 0.25) is 0 Å². The van der Waals surface area contributed by atoms with Crippen molar-refractivity contribution >= 4 is 49.4 Å². The molecule has 1 N–H and O–H groups in total. The van der Waals surface area contributed by atoms with Crippen molar-refractivity contribution in [2.45, 2.75) is 25.7 Å². The number of carbonyl (C=O) groups is 1. The molecule has 0 aliphatic heterocycles. The molecule has 2 rings (SSSR count). The standard InChI is InChI=1S/C14H16Br2ClNO/c15-8-14(5-1-2-6-14)9-18-13(19)10-3-4-12(17)11(16)7-10/h3-4,7H,1-2,5-6,8-9H2,(H,18,19). The molecule has 0 bridgehead atoms. The van der Waals surface area contributed by atoms with Crippen LogP contribution in [0.15, 0.2) is 22.7 Å². The lowest BCUT2D eigenvalue weighted by Gasteiger charge is -2.26. The number of benzene rings is 1. The summed E-state index contributed by atoms with van der Waals surface area (Å²) < 4.78 is 0.748. The monoisotopic (exact) mass is 407 g/mol. The van der Waals surface area contributed by atoms with Crippen molar-refractivity contribution in [2.24, 2.45) is 5.41 Å². The van der Waals surface area contributed by atoms with Crippen LogP contribution in [0.2, 0.25) is 5.02 Å². The summed E-state index contributed by atoms with van der Waals surface area (Å²) in [7, 11) is 0. The lowest BCUT2D eigenvalue weighted by Crippen LogP contribution is -2.37. The normalized spacial score (nSPS) is 17.4. The van der Waals surface area contributed by atoms with Crippen molar-refractivity contribution < 1.29 is 4.79 Å². The van der Waals surface area contributed by atoms with E-state index in [2.05, 4.69) is 37.2 Å². The smallest absolute Gasteiger partial charge is 0.251 e. The van der Waals surface area contributed by atoms with Crippen molar-refractivity contribution in [1.29, 1.82) is 0 Å². The summed E-state index contributed by atoms with van der Waals surface area (Å²) in [4.78, 5) is 12.1. The third kappa shape index (κ3) is 3.73. The highest BCUT2D eigenvalue weighted by atomic mass is 79.9. The maximum atomic E-state index is 12.1. The van der Waals surface area contributed by atoms with E-state index < -0.39 is 0 Å². The Hall–Kier alpha value is -0.0600. The average Bonchev–Trinajstić information content (AvgIpc) is 2.89. The van der Waals surface area contributed by atoms with E-state index in [1.54, 1.807) is 18.2 Å². The summed E-state index contributed by atoms with van der Waals surface area (Å²) in [5, 5.41) is 4.61. The first-order valence-electron chi connectivity index (χ1n) is 6.36. The van der Waals surface area contributed by atoms with Crippen molar-refractivity contribution in [3.8, 4) is 0 Å². The Kier molecular flexibility index (Phi) is 5.32. The molecule has 2 nitrogen and oxygen atoms in total. The second kappa shape index (κ2) is 6.59. The number of halogens is 3. The van der Waals surface area contributed by atoms with E-state index >= 15 is 0 Å². The lowest BCUT2D eigenvalue weighted by molar-refractivity contribution is 0.0935. The zero-order chi connectivity index (χ0) is 13.9. The Morgan fingerprint density at radius 3 is 2.63 bits per heavy atom. The molecule has 1 amide bonds. The summed E-state index contributed by atoms with van der Waals surface area (Å²) in [6.07, 6.45) is 4.88. The quantitative estimate of drug-likeness (QED) is 0.712. The predicted octanol–water partition coefficient (Wildman–Crippen LogP) is 4.79. The minimum atomic E-state index is -0.0374. The van der Waals surface area contributed by atoms with Crippen LogP contribution in [0.1, 0.15) is 36.0 Å². The van der Waals surface area contributed by atoms with Gasteiger partial charge in [-0.05, 0) is 52.4 Å². The first-order valence-corrected chi connectivity index (χ1v) is 8.65. The largest absolute Gasteiger partial charge is 0.351 e. The van der Waals surface area contributed by atoms with E-state index in [1.165, 1.54) is 25.7 Å². The fourth-order valence-electron chi connectivity index (χ4n) is 2.49. The second-order valence-electron chi connectivity index (χ2n) is 5.15. The number of carbonyl (C=O) groups excluding carboxylic acids is 1. The van der Waals surface area contributed by atoms with Gasteiger partial charge in [-0.2, -0.15) is 0 Å². The van der Waals surface area contributed by atoms with Crippen LogP contribution in [0, 0.1) is 5.41 Å². The third-order valence-electron chi connectivity index (χ3n) is 3.75. The summed E-state index contributed by atoms with van der Waals surface area (Å²) in [6, 6.07) is 5.24. The fourth-order valence-corrected chi connectivity index (χ4v) is 3.75. The van der Waals surface area contributed by atoms with E-state index in [4.69, 9.17) is 11.6 Å². The molecule has 1 fully saturated rings. The van der Waals surface area contributed by atoms with E-state index in [-0.39, 0.29) is 11.3 Å². The minimum absolute atomic E-state index is 0.0374. The Balaban J connectivity index is 1.99. The molecule has 0 spiro atoms. The molecule has 0 heterocycles. The van der Waals surface area contributed by atoms with Gasteiger partial charge in [-0.3, -0.25) is 4.79 Å². The number of amides is 1. The van der Waals surface area contributed by atoms with Crippen LogP contribution in [0.25, 0.3) is 0 Å². The maximum Gasteiger partial charge on any atom is 0.251 e. The van der Waals surface area contributed by atoms with Crippen molar-refractivity contribution in [1.82, 2.24) is 5.32 Å². The molecular formula is C14H16Br2ClNO. The van der Waals surface area contributed by atoms with Crippen LogP contribution in [0.3, 0.4) is 0 Å². The maximum absolute atomic E-state index is 12.1. The van der Waals surface area contributed by atoms with Crippen molar-refractivity contribution in [2.75, 3.05) is 11.9 Å². The summed E-state index contributed by atoms with van der Waals surface area (Å²) in [6.45, 7) is 0.733. The molecule has 0 unspecified atom stereocenters. The fraction of sp³-hybridized carbons (Fsp3) is 0.500. The van der Waals surface area contributed by atoms with E-state index in [1.807, 2.05) is 0 Å². The van der Waals surface area contributed by atoms with Gasteiger partial charge < -0.3 is 5.32 Å². The molecule has 0 saturated heterocycles. The molecule has 0 aromatic heterocycles. The number of rotatable bonds is 4. The number of nitrogens with one attached hydrogen (secondary N) is 1. The highest BCUT2D eigenvalue weighted by Gasteiger charge is 2.33. The van der Waals surface area contributed by atoms with Crippen LogP contribution in [0.4, 0.5) is 0 Å². The van der Waals surface area contributed by atoms with Gasteiger partial charge in [-0.1, -0.05) is 40.4 Å². The zero-order valence-electron chi connectivity index (χ0n) is 10.5. The van der Waals surface area contributed by atoms with Gasteiger partial charge in [0.15, 0.2) is 0 Å². The van der Waals surface area contributed by atoms with Gasteiger partial charge in [-0.15, -0.1) is 0 Å². The highest BCUT2D eigenvalue weighted by Crippen LogP contribution is 2.39. The predicted molar refractivity (Wildman–Crippen MR) is 86.2 cm³/mol. The van der Waals surface area contributed by atoms with E-state index in [9.17, 15) is 4.79 Å². The molecule has 1 aromatic carbocycles. The Labute approximate surface area is 135 Å². The third-order valence-corrected chi connectivity index (χ3v) is 6.16. The van der Waals surface area contributed by atoms with E-state index in [0.717, 1.165) is 16.3 Å². The van der Waals surface area contributed by atoms with Gasteiger partial charge >= 0.3 is 0 Å². The summed E-state index contributed by atoms with van der Waals surface area (Å²) >= 11 is 12.8. The summed E-state index contributed by atoms with van der Waals surface area (Å²) in [5.41, 5.74) is 0.873. The number of alkyl halides is 1. The molecule has 0 atom stereocenters. The van der Waals surface area contributed by atoms with E-state index in [0.29, 0.717) is 10.6 Å². The Morgan fingerprint density at radius 2 is 2.05 bits per heavy atom. The molecule has 1 aliphatic carbocycles. The molecule has 5 heteroatoms. The minimum Gasteiger partial charge on any atom is -0.351 e. The van der Waals surface area contributed by atoms with Crippen LogP contribution >= 0.6 is 43.5 Å². The molecule has 104 valence electrons. The highest BCUT2D eigenvalue weighted by molar-refractivity contribution is 9.10. The molecule has 1 aliphatic rings. The zero-order valence-corrected chi connectivity index (χ0v) is 14.4. The molecule has 0 radical (unpaired) electrons. The molecular weight excluding hydrogens is 393 g/mol. The SMILES string of the molecule is O=C(NCC1(CBr)CCCC1)c1ccc(Cl)c(Br)c1. The van der Waals surface area contributed by atoms with Crippen molar-refractivity contribution in [3.05, 3.63) is 33.3 Å². The Morgan fingerprint density at radius 1 is 1.37 bits per heavy atom. The van der Waals surface area contributed by atoms with Gasteiger partial charge in [0, 0.05) is 21.9 Å². The van der Waals surface area contributed by atoms with Crippen LogP contribution < -0.4 is 5.32 Å². The lowest BCUT2D eigenvalue weighted by atomic mass is 9.89. The van der Waals surface area contributed by atoms with Crippen LogP contribution in [0.5, 0.6) is 0 Å². The van der Waals surface area contributed by atoms with Gasteiger partial charge in [0.05, 0.1) is 5.02 Å². The molecule has 19 heavy (non-hydrogen) atoms. The molecule has 1 aromatic rings. The molecule has 1 saturated carbocycles. The van der Waals surface area contributed by atoms with Gasteiger partial charge in [0.1, 0.15) is 0 Å². The first-order chi connectivity index (χ1) is 9.06. The van der Waals surface area contributed by atoms with Crippen LogP contribution in [-0.4, -0.2) is 17.8 Å². The van der Waals surface area contributed by atoms with Gasteiger partial charge in [-0.25, -0.2) is 0 Å². The summed E-state index contributed by atoms with van der Waals surface area (Å²) in [5.74, 6) is -0.0374. The van der Waals surface area contributed by atoms with Crippen LogP contribution in [-0.2, 0) is 0 Å². The van der Waals surface area contributed by atoms with Gasteiger partial charge in [0.25, 0.3) is 5.91 Å². The topological polar surface area (TPSA) is 29.1 Å². The second-order valence-corrected chi connectivity index (χ2v) is 6.97. The number of hydrogen-bond acceptors (Lipinski definition) is 1. The first kappa shape index (κ1) is 15.3. The Bertz CT molecular complexity index is 473.